The smallest absolute Gasteiger partial charge is 0.221 e. The van der Waals surface area contributed by atoms with Gasteiger partial charge in [0.15, 0.2) is 5.01 Å². The number of halogens is 1. The second kappa shape index (κ2) is 5.69. The molecule has 20 heavy (non-hydrogen) atoms. The second-order valence-electron chi connectivity index (χ2n) is 4.21. The Balaban J connectivity index is 1.95. The van der Waals surface area contributed by atoms with Gasteiger partial charge in [0.2, 0.25) is 5.78 Å². The topological polar surface area (TPSA) is 30.0 Å². The number of aromatic nitrogens is 1. The lowest BCUT2D eigenvalue weighted by Crippen LogP contribution is -2.00. The maximum Gasteiger partial charge on any atom is 0.221 e. The first kappa shape index (κ1) is 13.2. The van der Waals surface area contributed by atoms with Crippen molar-refractivity contribution in [1.29, 1.82) is 0 Å². The van der Waals surface area contributed by atoms with Crippen LogP contribution in [0.1, 0.15) is 15.4 Å². The first-order valence-corrected chi connectivity index (χ1v) is 7.73. The Morgan fingerprint density at radius 3 is 2.45 bits per heavy atom. The molecular formula is C16H10BrNOS. The van der Waals surface area contributed by atoms with Crippen LogP contribution in [-0.2, 0) is 0 Å². The molecule has 0 spiro atoms. The van der Waals surface area contributed by atoms with Gasteiger partial charge < -0.3 is 0 Å². The van der Waals surface area contributed by atoms with Gasteiger partial charge in [-0.1, -0.05) is 64.5 Å². The van der Waals surface area contributed by atoms with Crippen LogP contribution in [0, 0.1) is 0 Å². The molecule has 0 radical (unpaired) electrons. The molecule has 0 aliphatic carbocycles. The molecule has 0 amide bonds. The van der Waals surface area contributed by atoms with E-state index in [-0.39, 0.29) is 5.78 Å². The number of nitrogens with zero attached hydrogens (tertiary/aromatic N) is 1. The quantitative estimate of drug-likeness (QED) is 0.639. The standard InChI is InChI=1S/C16H10BrNOS/c17-13-9-5-4-8-12(13)14-10-20-16(18-14)15(19)11-6-2-1-3-7-11/h1-10H. The molecule has 3 aromatic rings. The summed E-state index contributed by atoms with van der Waals surface area (Å²) < 4.78 is 0.976. The molecule has 0 atom stereocenters. The van der Waals surface area contributed by atoms with Crippen molar-refractivity contribution >= 4 is 33.0 Å². The number of thiazole rings is 1. The fraction of sp³-hybridized carbons (Fsp3) is 0. The molecule has 0 unspecified atom stereocenters. The average molecular weight is 344 g/mol. The van der Waals surface area contributed by atoms with Gasteiger partial charge in [-0.15, -0.1) is 11.3 Å². The van der Waals surface area contributed by atoms with Gasteiger partial charge in [0.25, 0.3) is 0 Å². The maximum absolute atomic E-state index is 12.3. The Morgan fingerprint density at radius 1 is 1.00 bits per heavy atom. The number of benzene rings is 2. The third-order valence-corrected chi connectivity index (χ3v) is 4.42. The van der Waals surface area contributed by atoms with Crippen molar-refractivity contribution in [1.82, 2.24) is 4.98 Å². The molecule has 1 heterocycles. The molecule has 0 bridgehead atoms. The van der Waals surface area contributed by atoms with E-state index < -0.39 is 0 Å². The Kier molecular flexibility index (Phi) is 3.76. The number of carbonyl (C=O) groups is 1. The van der Waals surface area contributed by atoms with Crippen LogP contribution >= 0.6 is 27.3 Å². The van der Waals surface area contributed by atoms with Crippen LogP contribution in [-0.4, -0.2) is 10.8 Å². The molecule has 0 aliphatic heterocycles. The summed E-state index contributed by atoms with van der Waals surface area (Å²) in [6.07, 6.45) is 0. The lowest BCUT2D eigenvalue weighted by atomic mass is 10.1. The van der Waals surface area contributed by atoms with Crippen LogP contribution < -0.4 is 0 Å². The van der Waals surface area contributed by atoms with Crippen LogP contribution in [0.15, 0.2) is 64.5 Å². The zero-order valence-corrected chi connectivity index (χ0v) is 12.8. The Labute approximate surface area is 129 Å². The van der Waals surface area contributed by atoms with Crippen LogP contribution in [0.3, 0.4) is 0 Å². The second-order valence-corrected chi connectivity index (χ2v) is 5.93. The zero-order valence-electron chi connectivity index (χ0n) is 10.4. The lowest BCUT2D eigenvalue weighted by Gasteiger charge is -1.99. The third kappa shape index (κ3) is 2.57. The normalized spacial score (nSPS) is 10.4. The van der Waals surface area contributed by atoms with E-state index >= 15 is 0 Å². The summed E-state index contributed by atoms with van der Waals surface area (Å²) in [5, 5.41) is 2.43. The summed E-state index contributed by atoms with van der Waals surface area (Å²) in [5.74, 6) is -0.0334. The molecular weight excluding hydrogens is 334 g/mol. The predicted octanol–water partition coefficient (Wildman–Crippen LogP) is 4.80. The van der Waals surface area contributed by atoms with E-state index in [0.717, 1.165) is 15.7 Å². The van der Waals surface area contributed by atoms with Crippen LogP contribution in [0.2, 0.25) is 0 Å². The average Bonchev–Trinajstić information content (AvgIpc) is 2.97. The summed E-state index contributed by atoms with van der Waals surface area (Å²) in [5.41, 5.74) is 2.48. The summed E-state index contributed by atoms with van der Waals surface area (Å²) in [4.78, 5) is 16.8. The van der Waals surface area contributed by atoms with E-state index in [1.807, 2.05) is 60.0 Å². The monoisotopic (exact) mass is 343 g/mol. The van der Waals surface area contributed by atoms with Crippen molar-refractivity contribution < 1.29 is 4.79 Å². The van der Waals surface area contributed by atoms with Crippen molar-refractivity contribution in [3.63, 3.8) is 0 Å². The van der Waals surface area contributed by atoms with Gasteiger partial charge in [-0.2, -0.15) is 0 Å². The number of hydrogen-bond acceptors (Lipinski definition) is 3. The predicted molar refractivity (Wildman–Crippen MR) is 85.1 cm³/mol. The van der Waals surface area contributed by atoms with Crippen molar-refractivity contribution in [3.05, 3.63) is 75.0 Å². The van der Waals surface area contributed by atoms with Gasteiger partial charge in [0.1, 0.15) is 0 Å². The van der Waals surface area contributed by atoms with Gasteiger partial charge >= 0.3 is 0 Å². The molecule has 2 nitrogen and oxygen atoms in total. The van der Waals surface area contributed by atoms with Gasteiger partial charge in [-0.25, -0.2) is 4.98 Å². The number of hydrogen-bond donors (Lipinski definition) is 0. The lowest BCUT2D eigenvalue weighted by molar-refractivity contribution is 0.103. The van der Waals surface area contributed by atoms with Gasteiger partial charge in [-0.05, 0) is 6.07 Å². The van der Waals surface area contributed by atoms with Gasteiger partial charge in [-0.3, -0.25) is 4.79 Å². The fourth-order valence-corrected chi connectivity index (χ4v) is 3.15. The molecule has 0 N–H and O–H groups in total. The number of carbonyl (C=O) groups excluding carboxylic acids is 1. The molecule has 0 saturated carbocycles. The number of ketones is 1. The highest BCUT2D eigenvalue weighted by atomic mass is 79.9. The SMILES string of the molecule is O=C(c1ccccc1)c1nc(-c2ccccc2Br)cs1. The summed E-state index contributed by atoms with van der Waals surface area (Å²) in [6.45, 7) is 0. The van der Waals surface area contributed by atoms with Gasteiger partial charge in [0, 0.05) is 21.0 Å². The minimum atomic E-state index is -0.0334. The Morgan fingerprint density at radius 2 is 1.70 bits per heavy atom. The van der Waals surface area contributed by atoms with E-state index in [1.165, 1.54) is 11.3 Å². The van der Waals surface area contributed by atoms with Crippen molar-refractivity contribution in [2.45, 2.75) is 0 Å². The largest absolute Gasteiger partial charge is 0.286 e. The first-order chi connectivity index (χ1) is 9.75. The Hall–Kier alpha value is -1.78. The van der Waals surface area contributed by atoms with Gasteiger partial charge in [0.05, 0.1) is 5.69 Å². The first-order valence-electron chi connectivity index (χ1n) is 6.06. The van der Waals surface area contributed by atoms with Crippen LogP contribution in [0.25, 0.3) is 11.3 Å². The molecule has 0 aliphatic rings. The molecule has 0 saturated heterocycles. The van der Waals surface area contributed by atoms with E-state index in [4.69, 9.17) is 0 Å². The molecule has 2 aromatic carbocycles. The van der Waals surface area contributed by atoms with Crippen LogP contribution in [0.4, 0.5) is 0 Å². The van der Waals surface area contributed by atoms with Crippen molar-refractivity contribution in [2.75, 3.05) is 0 Å². The zero-order chi connectivity index (χ0) is 13.9. The molecule has 1 aromatic heterocycles. The summed E-state index contributed by atoms with van der Waals surface area (Å²) in [7, 11) is 0. The maximum atomic E-state index is 12.3. The molecule has 3 rings (SSSR count). The third-order valence-electron chi connectivity index (χ3n) is 2.88. The number of rotatable bonds is 3. The summed E-state index contributed by atoms with van der Waals surface area (Å²) >= 11 is 4.88. The van der Waals surface area contributed by atoms with Crippen molar-refractivity contribution in [2.24, 2.45) is 0 Å². The highest BCUT2D eigenvalue weighted by molar-refractivity contribution is 9.10. The van der Waals surface area contributed by atoms with Crippen molar-refractivity contribution in [3.8, 4) is 11.3 Å². The van der Waals surface area contributed by atoms with E-state index in [2.05, 4.69) is 20.9 Å². The molecule has 0 fully saturated rings. The minimum Gasteiger partial charge on any atom is -0.286 e. The highest BCUT2D eigenvalue weighted by Gasteiger charge is 2.14. The van der Waals surface area contributed by atoms with E-state index in [0.29, 0.717) is 10.6 Å². The highest BCUT2D eigenvalue weighted by Crippen LogP contribution is 2.29. The molecule has 4 heteroatoms. The molecule has 98 valence electrons. The Bertz CT molecular complexity index is 752. The van der Waals surface area contributed by atoms with E-state index in [1.54, 1.807) is 0 Å². The minimum absolute atomic E-state index is 0.0334. The van der Waals surface area contributed by atoms with E-state index in [9.17, 15) is 4.79 Å². The van der Waals surface area contributed by atoms with Crippen LogP contribution in [0.5, 0.6) is 0 Å². The summed E-state index contributed by atoms with van der Waals surface area (Å²) in [6, 6.07) is 17.1. The fourth-order valence-electron chi connectivity index (χ4n) is 1.88.